The highest BCUT2D eigenvalue weighted by atomic mass is 16.5. The summed E-state index contributed by atoms with van der Waals surface area (Å²) in [5, 5.41) is 0. The third kappa shape index (κ3) is 4.78. The largest absolute Gasteiger partial charge is 0.472 e. The van der Waals surface area contributed by atoms with Crippen molar-refractivity contribution in [2.75, 3.05) is 13.1 Å². The molecule has 0 radical (unpaired) electrons. The van der Waals surface area contributed by atoms with Gasteiger partial charge in [-0.3, -0.25) is 4.79 Å². The van der Waals surface area contributed by atoms with Crippen molar-refractivity contribution in [1.82, 2.24) is 14.9 Å². The first-order chi connectivity index (χ1) is 12.0. The Morgan fingerprint density at radius 2 is 2.08 bits per heavy atom. The first-order valence-electron chi connectivity index (χ1n) is 8.82. The molecular formula is C20H25N3O2. The molecule has 2 aromatic rings. The van der Waals surface area contributed by atoms with E-state index in [4.69, 9.17) is 4.74 Å². The van der Waals surface area contributed by atoms with Gasteiger partial charge in [0.25, 0.3) is 0 Å². The fourth-order valence-corrected chi connectivity index (χ4v) is 3.24. The van der Waals surface area contributed by atoms with Gasteiger partial charge in [-0.1, -0.05) is 29.8 Å². The quantitative estimate of drug-likeness (QED) is 0.840. The van der Waals surface area contributed by atoms with E-state index >= 15 is 0 Å². The number of carbonyl (C=O) groups is 1. The third-order valence-corrected chi connectivity index (χ3v) is 4.44. The van der Waals surface area contributed by atoms with E-state index < -0.39 is 0 Å². The summed E-state index contributed by atoms with van der Waals surface area (Å²) >= 11 is 0. The summed E-state index contributed by atoms with van der Waals surface area (Å²) in [4.78, 5) is 22.9. The zero-order valence-corrected chi connectivity index (χ0v) is 15.2. The lowest BCUT2D eigenvalue weighted by Gasteiger charge is -2.17. The summed E-state index contributed by atoms with van der Waals surface area (Å²) in [5.74, 6) is 1.51. The molecule has 1 aliphatic rings. The van der Waals surface area contributed by atoms with Crippen molar-refractivity contribution in [2.24, 2.45) is 0 Å². The Kier molecular flexibility index (Phi) is 5.31. The highest BCUT2D eigenvalue weighted by Gasteiger charge is 2.27. The van der Waals surface area contributed by atoms with Crippen molar-refractivity contribution < 1.29 is 9.53 Å². The van der Waals surface area contributed by atoms with Gasteiger partial charge in [0.1, 0.15) is 11.9 Å². The highest BCUT2D eigenvalue weighted by Crippen LogP contribution is 2.18. The standard InChI is InChI=1S/C20H25N3O2/c1-14-5-4-6-17(11-14)7-8-20(24)23-10-9-18(13-23)25-19-12-15(2)21-16(3)22-19/h4-6,11-12,18H,7-10,13H2,1-3H3. The van der Waals surface area contributed by atoms with E-state index in [0.29, 0.717) is 24.7 Å². The Morgan fingerprint density at radius 3 is 2.84 bits per heavy atom. The summed E-state index contributed by atoms with van der Waals surface area (Å²) in [5.41, 5.74) is 3.34. The number of likely N-dealkylation sites (tertiary alicyclic amines) is 1. The number of nitrogens with zero attached hydrogens (tertiary/aromatic N) is 3. The molecule has 3 rings (SSSR count). The van der Waals surface area contributed by atoms with Gasteiger partial charge in [-0.05, 0) is 32.8 Å². The van der Waals surface area contributed by atoms with Crippen LogP contribution < -0.4 is 4.74 Å². The summed E-state index contributed by atoms with van der Waals surface area (Å²) in [6, 6.07) is 10.2. The maximum absolute atomic E-state index is 12.5. The average Bonchev–Trinajstić information content (AvgIpc) is 3.00. The number of amides is 1. The van der Waals surface area contributed by atoms with Crippen molar-refractivity contribution in [3.8, 4) is 5.88 Å². The smallest absolute Gasteiger partial charge is 0.223 e. The minimum atomic E-state index is 0.0108. The SMILES string of the molecule is Cc1cccc(CCC(=O)N2CCC(Oc3cc(C)nc(C)n3)C2)c1. The van der Waals surface area contributed by atoms with Gasteiger partial charge in [0.05, 0.1) is 6.54 Å². The van der Waals surface area contributed by atoms with Crippen molar-refractivity contribution in [2.45, 2.75) is 46.1 Å². The molecule has 1 unspecified atom stereocenters. The van der Waals surface area contributed by atoms with E-state index in [1.165, 1.54) is 11.1 Å². The van der Waals surface area contributed by atoms with Gasteiger partial charge in [0.2, 0.25) is 11.8 Å². The van der Waals surface area contributed by atoms with Crippen LogP contribution in [0.2, 0.25) is 0 Å². The van der Waals surface area contributed by atoms with Crippen LogP contribution >= 0.6 is 0 Å². The maximum atomic E-state index is 12.5. The second-order valence-electron chi connectivity index (χ2n) is 6.75. The second kappa shape index (κ2) is 7.64. The van der Waals surface area contributed by atoms with E-state index in [9.17, 15) is 4.79 Å². The Balaban J connectivity index is 1.50. The Morgan fingerprint density at radius 1 is 1.24 bits per heavy atom. The van der Waals surface area contributed by atoms with Gasteiger partial charge >= 0.3 is 0 Å². The van der Waals surface area contributed by atoms with E-state index in [0.717, 1.165) is 25.1 Å². The van der Waals surface area contributed by atoms with Gasteiger partial charge in [-0.25, -0.2) is 4.98 Å². The molecular weight excluding hydrogens is 314 g/mol. The molecule has 1 saturated heterocycles. The van der Waals surface area contributed by atoms with E-state index in [1.54, 1.807) is 0 Å². The van der Waals surface area contributed by atoms with Gasteiger partial charge in [0.15, 0.2) is 0 Å². The molecule has 2 heterocycles. The number of carbonyl (C=O) groups excluding carboxylic acids is 1. The molecule has 1 fully saturated rings. The molecule has 0 saturated carbocycles. The minimum Gasteiger partial charge on any atom is -0.472 e. The fraction of sp³-hybridized carbons (Fsp3) is 0.450. The van der Waals surface area contributed by atoms with Crippen molar-refractivity contribution in [3.05, 3.63) is 53.0 Å². The first kappa shape index (κ1) is 17.4. The molecule has 0 aliphatic carbocycles. The van der Waals surface area contributed by atoms with Gasteiger partial charge in [0, 0.05) is 31.1 Å². The molecule has 25 heavy (non-hydrogen) atoms. The molecule has 0 bridgehead atoms. The molecule has 1 aliphatic heterocycles. The highest BCUT2D eigenvalue weighted by molar-refractivity contribution is 5.76. The van der Waals surface area contributed by atoms with Crippen molar-refractivity contribution >= 4 is 5.91 Å². The Labute approximate surface area is 149 Å². The number of aryl methyl sites for hydroxylation is 4. The molecule has 1 atom stereocenters. The normalized spacial score (nSPS) is 16.9. The summed E-state index contributed by atoms with van der Waals surface area (Å²) in [6.07, 6.45) is 2.18. The zero-order chi connectivity index (χ0) is 17.8. The lowest BCUT2D eigenvalue weighted by Crippen LogP contribution is -2.31. The summed E-state index contributed by atoms with van der Waals surface area (Å²) < 4.78 is 5.95. The Hall–Kier alpha value is -2.43. The van der Waals surface area contributed by atoms with Gasteiger partial charge in [-0.2, -0.15) is 4.98 Å². The molecule has 0 spiro atoms. The van der Waals surface area contributed by atoms with Gasteiger partial charge in [-0.15, -0.1) is 0 Å². The maximum Gasteiger partial charge on any atom is 0.223 e. The summed E-state index contributed by atoms with van der Waals surface area (Å²) in [6.45, 7) is 7.24. The topological polar surface area (TPSA) is 55.3 Å². The van der Waals surface area contributed by atoms with Crippen LogP contribution in [0.4, 0.5) is 0 Å². The van der Waals surface area contributed by atoms with Crippen LogP contribution in [0.15, 0.2) is 30.3 Å². The van der Waals surface area contributed by atoms with Crippen LogP contribution in [0.1, 0.15) is 35.5 Å². The van der Waals surface area contributed by atoms with E-state index in [-0.39, 0.29) is 12.0 Å². The van der Waals surface area contributed by atoms with Gasteiger partial charge < -0.3 is 9.64 Å². The average molecular weight is 339 g/mol. The number of rotatable bonds is 5. The van der Waals surface area contributed by atoms with Crippen LogP contribution in [0.5, 0.6) is 5.88 Å². The van der Waals surface area contributed by atoms with Crippen molar-refractivity contribution in [3.63, 3.8) is 0 Å². The monoisotopic (exact) mass is 339 g/mol. The lowest BCUT2D eigenvalue weighted by molar-refractivity contribution is -0.130. The van der Waals surface area contributed by atoms with Crippen LogP contribution in [-0.4, -0.2) is 40.0 Å². The molecule has 0 N–H and O–H groups in total. The fourth-order valence-electron chi connectivity index (χ4n) is 3.24. The van der Waals surface area contributed by atoms with Crippen LogP contribution in [-0.2, 0) is 11.2 Å². The number of aromatic nitrogens is 2. The summed E-state index contributed by atoms with van der Waals surface area (Å²) in [7, 11) is 0. The van der Waals surface area contributed by atoms with Crippen LogP contribution in [0.3, 0.4) is 0 Å². The lowest BCUT2D eigenvalue weighted by atomic mass is 10.1. The van der Waals surface area contributed by atoms with Crippen LogP contribution in [0, 0.1) is 20.8 Å². The molecule has 1 aromatic carbocycles. The minimum absolute atomic E-state index is 0.0108. The van der Waals surface area contributed by atoms with E-state index in [1.807, 2.05) is 30.9 Å². The molecule has 132 valence electrons. The second-order valence-corrected chi connectivity index (χ2v) is 6.75. The van der Waals surface area contributed by atoms with Crippen molar-refractivity contribution in [1.29, 1.82) is 0 Å². The number of ether oxygens (including phenoxy) is 1. The molecule has 5 heteroatoms. The number of benzene rings is 1. The number of hydrogen-bond acceptors (Lipinski definition) is 4. The molecule has 1 amide bonds. The van der Waals surface area contributed by atoms with Crippen LogP contribution in [0.25, 0.3) is 0 Å². The predicted molar refractivity (Wildman–Crippen MR) is 96.6 cm³/mol. The van der Waals surface area contributed by atoms with E-state index in [2.05, 4.69) is 35.1 Å². The first-order valence-corrected chi connectivity index (χ1v) is 8.82. The number of hydrogen-bond donors (Lipinski definition) is 0. The Bertz CT molecular complexity index is 740. The predicted octanol–water partition coefficient (Wildman–Crippen LogP) is 3.01. The molecule has 1 aromatic heterocycles. The zero-order valence-electron chi connectivity index (χ0n) is 15.2. The molecule has 5 nitrogen and oxygen atoms in total. The third-order valence-electron chi connectivity index (χ3n) is 4.44.